The minimum Gasteiger partial charge on any atom is -0.340 e. The topological polar surface area (TPSA) is 58.2 Å². The van der Waals surface area contributed by atoms with Crippen LogP contribution in [0.1, 0.15) is 68.3 Å². The van der Waals surface area contributed by atoms with Crippen LogP contribution >= 0.6 is 0 Å². The molecule has 6 rings (SSSR count). The van der Waals surface area contributed by atoms with E-state index in [9.17, 15) is 14.0 Å². The van der Waals surface area contributed by atoms with Gasteiger partial charge >= 0.3 is 0 Å². The van der Waals surface area contributed by atoms with Gasteiger partial charge in [0.15, 0.2) is 0 Å². The third-order valence-electron chi connectivity index (χ3n) is 8.16. The molecule has 4 bridgehead atoms. The van der Waals surface area contributed by atoms with E-state index in [2.05, 4.69) is 22.8 Å². The summed E-state index contributed by atoms with van der Waals surface area (Å²) < 4.78 is 14.0. The summed E-state index contributed by atoms with van der Waals surface area (Å²) in [5.74, 6) is 1.04. The molecule has 174 valence electrons. The molecule has 4 aliphatic carbocycles. The maximum atomic E-state index is 14.0. The monoisotopic (exact) mass is 448 g/mol. The van der Waals surface area contributed by atoms with Gasteiger partial charge in [0.1, 0.15) is 11.9 Å². The lowest BCUT2D eigenvalue weighted by Gasteiger charge is -2.57. The maximum Gasteiger partial charge on any atom is 0.254 e. The number of carbonyl (C=O) groups is 2. The Hall–Kier alpha value is -2.69. The zero-order valence-corrected chi connectivity index (χ0v) is 19.4. The zero-order chi connectivity index (χ0) is 23.2. The molecule has 0 unspecified atom stereocenters. The van der Waals surface area contributed by atoms with E-state index >= 15 is 0 Å². The first-order chi connectivity index (χ1) is 15.8. The van der Waals surface area contributed by atoms with E-state index < -0.39 is 17.8 Å². The number of carbonyl (C=O) groups excluding carboxylic acids is 2. The molecule has 4 aliphatic rings. The van der Waals surface area contributed by atoms with Gasteiger partial charge in [0.05, 0.1) is 5.56 Å². The van der Waals surface area contributed by atoms with Gasteiger partial charge in [0, 0.05) is 5.69 Å². The Morgan fingerprint density at radius 3 is 2.03 bits per heavy atom. The lowest BCUT2D eigenvalue weighted by atomic mass is 9.48. The van der Waals surface area contributed by atoms with Gasteiger partial charge in [0.25, 0.3) is 5.91 Å². The number of nitrogens with one attached hydrogen (secondary N) is 2. The Morgan fingerprint density at radius 1 is 0.909 bits per heavy atom. The van der Waals surface area contributed by atoms with E-state index in [0.717, 1.165) is 23.4 Å². The van der Waals surface area contributed by atoms with Crippen LogP contribution in [0.25, 0.3) is 0 Å². The van der Waals surface area contributed by atoms with Crippen molar-refractivity contribution in [1.82, 2.24) is 5.32 Å². The summed E-state index contributed by atoms with van der Waals surface area (Å²) in [4.78, 5) is 25.5. The molecule has 0 radical (unpaired) electrons. The lowest BCUT2D eigenvalue weighted by molar-refractivity contribution is -0.118. The molecule has 4 nitrogen and oxygen atoms in total. The van der Waals surface area contributed by atoms with Gasteiger partial charge in [-0.1, -0.05) is 38.1 Å². The van der Waals surface area contributed by atoms with Crippen LogP contribution in [0.4, 0.5) is 10.1 Å². The van der Waals surface area contributed by atoms with Crippen molar-refractivity contribution in [3.8, 4) is 0 Å². The number of halogens is 1. The molecule has 5 heteroatoms. The Labute approximate surface area is 195 Å². The van der Waals surface area contributed by atoms with E-state index in [4.69, 9.17) is 0 Å². The van der Waals surface area contributed by atoms with Crippen molar-refractivity contribution in [3.05, 3.63) is 65.5 Å². The molecule has 2 amide bonds. The highest BCUT2D eigenvalue weighted by molar-refractivity contribution is 6.01. The number of hydrogen-bond acceptors (Lipinski definition) is 2. The molecular formula is C28H33FN2O2. The highest BCUT2D eigenvalue weighted by atomic mass is 19.1. The summed E-state index contributed by atoms with van der Waals surface area (Å²) in [7, 11) is 0. The van der Waals surface area contributed by atoms with Crippen molar-refractivity contribution in [2.24, 2.45) is 23.7 Å². The third kappa shape index (κ3) is 4.30. The Kier molecular flexibility index (Phi) is 5.75. The standard InChI is InChI=1S/C28H33FN2O2/c1-17(2)25(31-26(32)23-5-3-4-6-24(23)29)27(33)30-22-9-7-21(8-10-22)28-14-18-11-19(15-28)13-20(12-18)16-28/h3-10,17-20,25H,11-16H2,1-2H3,(H,30,33)(H,31,32)/t18?,19?,20?,25-,28?/m1/s1. The van der Waals surface area contributed by atoms with Crippen LogP contribution in [-0.2, 0) is 10.2 Å². The zero-order valence-electron chi connectivity index (χ0n) is 19.4. The first kappa shape index (κ1) is 22.1. The number of hydrogen-bond donors (Lipinski definition) is 2. The molecule has 2 N–H and O–H groups in total. The minimum atomic E-state index is -0.764. The van der Waals surface area contributed by atoms with E-state index in [1.54, 1.807) is 6.07 Å². The van der Waals surface area contributed by atoms with Crippen molar-refractivity contribution >= 4 is 17.5 Å². The summed E-state index contributed by atoms with van der Waals surface area (Å²) >= 11 is 0. The van der Waals surface area contributed by atoms with Crippen LogP contribution in [0.5, 0.6) is 0 Å². The lowest BCUT2D eigenvalue weighted by Crippen LogP contribution is -2.48. The number of amides is 2. The Bertz CT molecular complexity index is 1010. The molecule has 1 atom stereocenters. The van der Waals surface area contributed by atoms with Crippen molar-refractivity contribution < 1.29 is 14.0 Å². The van der Waals surface area contributed by atoms with Gasteiger partial charge in [-0.3, -0.25) is 9.59 Å². The Morgan fingerprint density at radius 2 is 1.48 bits per heavy atom. The Balaban J connectivity index is 1.27. The van der Waals surface area contributed by atoms with E-state index in [0.29, 0.717) is 5.41 Å². The van der Waals surface area contributed by atoms with Crippen molar-refractivity contribution in [2.45, 2.75) is 63.8 Å². The predicted molar refractivity (Wildman–Crippen MR) is 127 cm³/mol. The van der Waals surface area contributed by atoms with E-state index in [1.807, 2.05) is 26.0 Å². The second kappa shape index (κ2) is 8.58. The van der Waals surface area contributed by atoms with Crippen LogP contribution in [0.2, 0.25) is 0 Å². The summed E-state index contributed by atoms with van der Waals surface area (Å²) in [5, 5.41) is 5.65. The average molecular weight is 449 g/mol. The molecule has 2 aromatic carbocycles. The summed E-state index contributed by atoms with van der Waals surface area (Å²) in [6.07, 6.45) is 8.18. The van der Waals surface area contributed by atoms with Crippen LogP contribution in [0.15, 0.2) is 48.5 Å². The second-order valence-corrected chi connectivity index (χ2v) is 10.9. The van der Waals surface area contributed by atoms with Gasteiger partial charge < -0.3 is 10.6 Å². The van der Waals surface area contributed by atoms with Gasteiger partial charge in [0.2, 0.25) is 5.91 Å². The highest BCUT2D eigenvalue weighted by Crippen LogP contribution is 2.60. The minimum absolute atomic E-state index is 0.0594. The fraction of sp³-hybridized carbons (Fsp3) is 0.500. The molecule has 33 heavy (non-hydrogen) atoms. The molecule has 0 heterocycles. The first-order valence-electron chi connectivity index (χ1n) is 12.3. The smallest absolute Gasteiger partial charge is 0.254 e. The quantitative estimate of drug-likeness (QED) is 0.597. The molecule has 4 fully saturated rings. The fourth-order valence-electron chi connectivity index (χ4n) is 6.99. The van der Waals surface area contributed by atoms with Gasteiger partial charge in [-0.05, 0) is 97.4 Å². The molecular weight excluding hydrogens is 415 g/mol. The van der Waals surface area contributed by atoms with Crippen LogP contribution in [0.3, 0.4) is 0 Å². The van der Waals surface area contributed by atoms with Crippen LogP contribution in [-0.4, -0.2) is 17.9 Å². The fourth-order valence-corrected chi connectivity index (χ4v) is 6.99. The van der Waals surface area contributed by atoms with Crippen LogP contribution in [0, 0.1) is 29.5 Å². The van der Waals surface area contributed by atoms with E-state index in [-0.39, 0.29) is 17.4 Å². The molecule has 2 aromatic rings. The molecule has 0 spiro atoms. The number of anilines is 1. The largest absolute Gasteiger partial charge is 0.340 e. The molecule has 0 saturated heterocycles. The predicted octanol–water partition coefficient (Wildman–Crippen LogP) is 5.69. The molecule has 4 saturated carbocycles. The van der Waals surface area contributed by atoms with Gasteiger partial charge in [-0.25, -0.2) is 4.39 Å². The summed E-state index contributed by atoms with van der Waals surface area (Å²) in [5.41, 5.74) is 2.40. The van der Waals surface area contributed by atoms with Crippen molar-refractivity contribution in [2.75, 3.05) is 5.32 Å². The normalized spacial score (nSPS) is 28.5. The van der Waals surface area contributed by atoms with Gasteiger partial charge in [-0.15, -0.1) is 0 Å². The average Bonchev–Trinajstić information content (AvgIpc) is 2.77. The SMILES string of the molecule is CC(C)[C@@H](NC(=O)c1ccccc1F)C(=O)Nc1ccc(C23CC4CC(CC(C4)C2)C3)cc1. The maximum absolute atomic E-state index is 14.0. The number of rotatable bonds is 6. The van der Waals surface area contributed by atoms with Gasteiger partial charge in [-0.2, -0.15) is 0 Å². The van der Waals surface area contributed by atoms with Crippen molar-refractivity contribution in [3.63, 3.8) is 0 Å². The summed E-state index contributed by atoms with van der Waals surface area (Å²) in [6.45, 7) is 3.73. The third-order valence-corrected chi connectivity index (χ3v) is 8.16. The number of benzene rings is 2. The first-order valence-corrected chi connectivity index (χ1v) is 12.3. The van der Waals surface area contributed by atoms with Crippen LogP contribution < -0.4 is 10.6 Å². The van der Waals surface area contributed by atoms with E-state index in [1.165, 1.54) is 62.3 Å². The van der Waals surface area contributed by atoms with Crippen molar-refractivity contribution in [1.29, 1.82) is 0 Å². The highest BCUT2D eigenvalue weighted by Gasteiger charge is 2.51. The molecule has 0 aliphatic heterocycles. The second-order valence-electron chi connectivity index (χ2n) is 10.9. The molecule has 0 aromatic heterocycles. The summed E-state index contributed by atoms with van der Waals surface area (Å²) in [6, 6.07) is 13.4.